The summed E-state index contributed by atoms with van der Waals surface area (Å²) >= 11 is 0. The van der Waals surface area contributed by atoms with E-state index in [1.165, 1.54) is 6.42 Å². The van der Waals surface area contributed by atoms with Gasteiger partial charge in [-0.1, -0.05) is 50.2 Å². The van der Waals surface area contributed by atoms with Gasteiger partial charge in [-0.05, 0) is 48.9 Å². The van der Waals surface area contributed by atoms with Crippen LogP contribution in [0.3, 0.4) is 0 Å². The topological polar surface area (TPSA) is 45.2 Å². The molecule has 0 saturated carbocycles. The molecule has 4 heteroatoms. The Balaban J connectivity index is 1.72. The maximum atomic E-state index is 12.7. The summed E-state index contributed by atoms with van der Waals surface area (Å²) in [6.07, 6.45) is 4.53. The zero-order valence-corrected chi connectivity index (χ0v) is 16.5. The van der Waals surface area contributed by atoms with Gasteiger partial charge in [-0.2, -0.15) is 0 Å². The van der Waals surface area contributed by atoms with Crippen molar-refractivity contribution in [2.45, 2.75) is 39.2 Å². The van der Waals surface area contributed by atoms with Gasteiger partial charge in [0.25, 0.3) is 0 Å². The second-order valence-corrected chi connectivity index (χ2v) is 8.02. The lowest BCUT2D eigenvalue weighted by atomic mass is 9.88. The zero-order chi connectivity index (χ0) is 19.1. The molecule has 1 N–H and O–H groups in total. The zero-order valence-electron chi connectivity index (χ0n) is 16.5. The number of pyridine rings is 1. The average Bonchev–Trinajstić information content (AvgIpc) is 2.67. The number of rotatable bonds is 7. The molecule has 0 radical (unpaired) electrons. The Labute approximate surface area is 163 Å². The van der Waals surface area contributed by atoms with Crippen molar-refractivity contribution >= 4 is 5.91 Å². The molecular weight excluding hydrogens is 334 g/mol. The quantitative estimate of drug-likeness (QED) is 0.811. The second kappa shape index (κ2) is 9.65. The average molecular weight is 366 g/mol. The largest absolute Gasteiger partial charge is 0.347 e. The van der Waals surface area contributed by atoms with Crippen LogP contribution in [0.25, 0.3) is 0 Å². The highest BCUT2D eigenvalue weighted by Gasteiger charge is 2.30. The first-order valence-electron chi connectivity index (χ1n) is 10.1. The van der Waals surface area contributed by atoms with E-state index in [0.29, 0.717) is 18.3 Å². The fourth-order valence-electron chi connectivity index (χ4n) is 4.04. The summed E-state index contributed by atoms with van der Waals surface area (Å²) in [4.78, 5) is 19.9. The van der Waals surface area contributed by atoms with Crippen LogP contribution in [0.4, 0.5) is 0 Å². The van der Waals surface area contributed by atoms with Gasteiger partial charge in [-0.15, -0.1) is 0 Å². The maximum absolute atomic E-state index is 12.7. The Morgan fingerprint density at radius 1 is 1.19 bits per heavy atom. The number of nitrogens with zero attached hydrogens (tertiary/aromatic N) is 2. The molecule has 1 aromatic carbocycles. The van der Waals surface area contributed by atoms with E-state index in [1.807, 2.05) is 54.7 Å². The monoisotopic (exact) mass is 365 g/mol. The molecular formula is C23H31N3O. The van der Waals surface area contributed by atoms with Crippen LogP contribution in [0, 0.1) is 11.8 Å². The summed E-state index contributed by atoms with van der Waals surface area (Å²) in [5.41, 5.74) is 2.01. The van der Waals surface area contributed by atoms with Crippen LogP contribution >= 0.6 is 0 Å². The van der Waals surface area contributed by atoms with E-state index in [4.69, 9.17) is 0 Å². The van der Waals surface area contributed by atoms with E-state index >= 15 is 0 Å². The summed E-state index contributed by atoms with van der Waals surface area (Å²) in [7, 11) is 0. The third-order valence-electron chi connectivity index (χ3n) is 5.17. The Hall–Kier alpha value is -2.20. The van der Waals surface area contributed by atoms with Crippen LogP contribution in [0.2, 0.25) is 0 Å². The summed E-state index contributed by atoms with van der Waals surface area (Å²) < 4.78 is 0. The van der Waals surface area contributed by atoms with Gasteiger partial charge in [-0.25, -0.2) is 0 Å². The minimum atomic E-state index is -0.0302. The van der Waals surface area contributed by atoms with E-state index in [9.17, 15) is 4.79 Å². The molecule has 1 aromatic heterocycles. The lowest BCUT2D eigenvalue weighted by molar-refractivity contribution is -0.121. The van der Waals surface area contributed by atoms with Crippen molar-refractivity contribution in [1.82, 2.24) is 15.2 Å². The van der Waals surface area contributed by atoms with E-state index in [0.717, 1.165) is 37.3 Å². The molecule has 0 bridgehead atoms. The molecule has 2 heterocycles. The lowest BCUT2D eigenvalue weighted by Gasteiger charge is -2.37. The molecule has 0 unspecified atom stereocenters. The van der Waals surface area contributed by atoms with Gasteiger partial charge in [0, 0.05) is 19.3 Å². The van der Waals surface area contributed by atoms with Crippen LogP contribution < -0.4 is 5.32 Å². The molecule has 4 nitrogen and oxygen atoms in total. The van der Waals surface area contributed by atoms with Crippen molar-refractivity contribution < 1.29 is 4.79 Å². The molecule has 3 rings (SSSR count). The first kappa shape index (κ1) is 19.6. The van der Waals surface area contributed by atoms with Crippen LogP contribution in [-0.2, 0) is 11.2 Å². The highest BCUT2D eigenvalue weighted by Crippen LogP contribution is 2.29. The van der Waals surface area contributed by atoms with E-state index in [-0.39, 0.29) is 11.9 Å². The van der Waals surface area contributed by atoms with Gasteiger partial charge >= 0.3 is 0 Å². The highest BCUT2D eigenvalue weighted by atomic mass is 16.1. The highest BCUT2D eigenvalue weighted by molar-refractivity contribution is 5.79. The van der Waals surface area contributed by atoms with E-state index in [2.05, 4.69) is 29.0 Å². The molecule has 0 spiro atoms. The van der Waals surface area contributed by atoms with Crippen LogP contribution in [0.15, 0.2) is 54.7 Å². The standard InChI is InChI=1S/C23H31N3O/c1-18(2)16-26-14-8-11-20(17-26)23(21-12-6-7-13-24-21)25-22(27)15-19-9-4-3-5-10-19/h3-7,9-10,12-13,18,20,23H,8,11,14-17H2,1-2H3,(H,25,27)/t20-,23-/m1/s1. The second-order valence-electron chi connectivity index (χ2n) is 8.02. The lowest BCUT2D eigenvalue weighted by Crippen LogP contribution is -2.44. The van der Waals surface area contributed by atoms with Gasteiger partial charge in [0.15, 0.2) is 0 Å². The van der Waals surface area contributed by atoms with Crippen LogP contribution in [0.1, 0.15) is 44.0 Å². The van der Waals surface area contributed by atoms with Crippen molar-refractivity contribution in [3.8, 4) is 0 Å². The predicted molar refractivity (Wildman–Crippen MR) is 109 cm³/mol. The van der Waals surface area contributed by atoms with Crippen molar-refractivity contribution in [3.63, 3.8) is 0 Å². The first-order valence-corrected chi connectivity index (χ1v) is 10.1. The first-order chi connectivity index (χ1) is 13.1. The number of piperidine rings is 1. The molecule has 1 amide bonds. The van der Waals surface area contributed by atoms with Gasteiger partial charge in [0.2, 0.25) is 5.91 Å². The van der Waals surface area contributed by atoms with Crippen LogP contribution in [-0.4, -0.2) is 35.4 Å². The molecule has 1 aliphatic heterocycles. The third-order valence-corrected chi connectivity index (χ3v) is 5.17. The number of hydrogen-bond donors (Lipinski definition) is 1. The fraction of sp³-hybridized carbons (Fsp3) is 0.478. The molecule has 144 valence electrons. The maximum Gasteiger partial charge on any atom is 0.224 e. The molecule has 1 aliphatic rings. The van der Waals surface area contributed by atoms with E-state index in [1.54, 1.807) is 0 Å². The van der Waals surface area contributed by atoms with Crippen LogP contribution in [0.5, 0.6) is 0 Å². The molecule has 27 heavy (non-hydrogen) atoms. The number of benzene rings is 1. The van der Waals surface area contributed by atoms with Gasteiger partial charge in [0.05, 0.1) is 18.2 Å². The minimum absolute atomic E-state index is 0.0302. The van der Waals surface area contributed by atoms with Gasteiger partial charge < -0.3 is 10.2 Å². The Kier molecular flexibility index (Phi) is 6.99. The summed E-state index contributed by atoms with van der Waals surface area (Å²) in [6.45, 7) is 7.82. The smallest absolute Gasteiger partial charge is 0.224 e. The summed E-state index contributed by atoms with van der Waals surface area (Å²) in [5, 5.41) is 3.30. The minimum Gasteiger partial charge on any atom is -0.347 e. The number of likely N-dealkylation sites (tertiary alicyclic amines) is 1. The third kappa shape index (κ3) is 5.90. The molecule has 2 aromatic rings. The Bertz CT molecular complexity index is 702. The Morgan fingerprint density at radius 2 is 1.96 bits per heavy atom. The van der Waals surface area contributed by atoms with Crippen molar-refractivity contribution in [1.29, 1.82) is 0 Å². The number of carbonyl (C=O) groups is 1. The number of aromatic nitrogens is 1. The normalized spacial score (nSPS) is 19.0. The fourth-order valence-corrected chi connectivity index (χ4v) is 4.04. The molecule has 0 aliphatic carbocycles. The summed E-state index contributed by atoms with van der Waals surface area (Å²) in [6, 6.07) is 15.9. The van der Waals surface area contributed by atoms with E-state index < -0.39 is 0 Å². The number of carbonyl (C=O) groups excluding carboxylic acids is 1. The van der Waals surface area contributed by atoms with Crippen molar-refractivity contribution in [2.24, 2.45) is 11.8 Å². The molecule has 1 saturated heterocycles. The molecule has 2 atom stereocenters. The van der Waals surface area contributed by atoms with Crippen molar-refractivity contribution in [3.05, 3.63) is 66.0 Å². The SMILES string of the molecule is CC(C)CN1CCC[C@@H]([C@@H](NC(=O)Cc2ccccc2)c2ccccn2)C1. The van der Waals surface area contributed by atoms with Gasteiger partial charge in [0.1, 0.15) is 0 Å². The number of hydrogen-bond acceptors (Lipinski definition) is 3. The number of amides is 1. The number of nitrogens with one attached hydrogen (secondary N) is 1. The molecule has 1 fully saturated rings. The summed E-state index contributed by atoms with van der Waals surface area (Å²) in [5.74, 6) is 1.12. The van der Waals surface area contributed by atoms with Gasteiger partial charge in [-0.3, -0.25) is 9.78 Å². The predicted octanol–water partition coefficient (Wildman–Crippen LogP) is 3.85. The van der Waals surface area contributed by atoms with Crippen molar-refractivity contribution in [2.75, 3.05) is 19.6 Å². The Morgan fingerprint density at radius 3 is 2.67 bits per heavy atom.